The van der Waals surface area contributed by atoms with Gasteiger partial charge in [0.25, 0.3) is 0 Å². The number of benzene rings is 7. The van der Waals surface area contributed by atoms with Crippen LogP contribution in [-0.2, 0) is 0 Å². The minimum atomic E-state index is 0.569. The first-order chi connectivity index (χ1) is 23.3. The second kappa shape index (κ2) is 10.0. The maximum atomic E-state index is 6.21. The molecule has 0 bridgehead atoms. The fourth-order valence-corrected chi connectivity index (χ4v) is 6.96. The first-order valence-corrected chi connectivity index (χ1v) is 15.6. The molecule has 7 aromatic carbocycles. The van der Waals surface area contributed by atoms with E-state index >= 15 is 0 Å². The van der Waals surface area contributed by atoms with Crippen molar-refractivity contribution >= 4 is 65.2 Å². The molecule has 10 aromatic rings. The van der Waals surface area contributed by atoms with Crippen LogP contribution in [0.15, 0.2) is 150 Å². The normalized spacial score (nSPS) is 11.8. The molecule has 47 heavy (non-hydrogen) atoms. The molecule has 0 unspecified atom stereocenters. The Morgan fingerprint density at radius 3 is 1.96 bits per heavy atom. The second-order valence-electron chi connectivity index (χ2n) is 11.9. The highest BCUT2D eigenvalue weighted by Gasteiger charge is 2.20. The molecule has 0 aliphatic rings. The van der Waals surface area contributed by atoms with E-state index in [0.717, 1.165) is 54.9 Å². The van der Waals surface area contributed by atoms with Gasteiger partial charge in [-0.05, 0) is 73.4 Å². The first kappa shape index (κ1) is 25.8. The maximum absolute atomic E-state index is 6.21. The van der Waals surface area contributed by atoms with Crippen molar-refractivity contribution in [2.24, 2.45) is 0 Å². The molecular weight excluding hydrogens is 576 g/mol. The molecule has 0 fully saturated rings. The highest BCUT2D eigenvalue weighted by molar-refractivity contribution is 6.23. The van der Waals surface area contributed by atoms with Crippen molar-refractivity contribution in [2.75, 3.05) is 0 Å². The van der Waals surface area contributed by atoms with Crippen LogP contribution < -0.4 is 0 Å². The van der Waals surface area contributed by atoms with Crippen LogP contribution in [-0.4, -0.2) is 19.9 Å². The Morgan fingerprint density at radius 1 is 0.404 bits per heavy atom. The lowest BCUT2D eigenvalue weighted by Gasteiger charge is -2.14. The van der Waals surface area contributed by atoms with Crippen molar-refractivity contribution in [3.63, 3.8) is 0 Å². The van der Waals surface area contributed by atoms with Crippen LogP contribution in [0, 0.1) is 0 Å². The topological polar surface area (TPSA) is 64.7 Å². The molecule has 10 rings (SSSR count). The predicted octanol–water partition coefficient (Wildman–Crippen LogP) is 10.8. The molecule has 0 saturated carbocycles. The van der Waals surface area contributed by atoms with Gasteiger partial charge in [-0.15, -0.1) is 0 Å². The van der Waals surface area contributed by atoms with Gasteiger partial charge in [0.05, 0.1) is 5.39 Å². The molecule has 0 radical (unpaired) electrons. The summed E-state index contributed by atoms with van der Waals surface area (Å²) < 4.78 is 6.21. The van der Waals surface area contributed by atoms with Gasteiger partial charge in [0.2, 0.25) is 0 Å². The van der Waals surface area contributed by atoms with Crippen LogP contribution in [0.25, 0.3) is 99.3 Å². The summed E-state index contributed by atoms with van der Waals surface area (Å²) in [5.41, 5.74) is 4.99. The minimum absolute atomic E-state index is 0.569. The van der Waals surface area contributed by atoms with Gasteiger partial charge in [-0.25, -0.2) is 15.0 Å². The summed E-state index contributed by atoms with van der Waals surface area (Å²) in [6.45, 7) is 0. The summed E-state index contributed by atoms with van der Waals surface area (Å²) in [6.07, 6.45) is 1.79. The minimum Gasteiger partial charge on any atom is -0.454 e. The fourth-order valence-electron chi connectivity index (χ4n) is 6.96. The van der Waals surface area contributed by atoms with Crippen LogP contribution in [0.5, 0.6) is 0 Å². The molecule has 218 valence electrons. The third-order valence-corrected chi connectivity index (χ3v) is 9.13. The van der Waals surface area contributed by atoms with Gasteiger partial charge in [0, 0.05) is 22.9 Å². The van der Waals surface area contributed by atoms with E-state index in [0.29, 0.717) is 17.5 Å². The number of furan rings is 1. The Hall–Kier alpha value is -6.46. The Morgan fingerprint density at radius 2 is 1.09 bits per heavy atom. The number of hydrogen-bond acceptors (Lipinski definition) is 5. The molecule has 3 aromatic heterocycles. The Labute approximate surface area is 268 Å². The van der Waals surface area contributed by atoms with E-state index in [4.69, 9.17) is 19.4 Å². The number of fused-ring (bicyclic) bond motifs is 9. The fraction of sp³-hybridized carbons (Fsp3) is 0. The van der Waals surface area contributed by atoms with Crippen LogP contribution >= 0.6 is 0 Å². The lowest BCUT2D eigenvalue weighted by molar-refractivity contribution is 0.668. The summed E-state index contributed by atoms with van der Waals surface area (Å²) in [5, 5.41) is 10.2. The van der Waals surface area contributed by atoms with Gasteiger partial charge in [-0.1, -0.05) is 109 Å². The van der Waals surface area contributed by atoms with E-state index in [9.17, 15) is 0 Å². The average Bonchev–Trinajstić information content (AvgIpc) is 3.53. The molecule has 3 heterocycles. The van der Waals surface area contributed by atoms with Crippen molar-refractivity contribution in [1.82, 2.24) is 19.9 Å². The summed E-state index contributed by atoms with van der Waals surface area (Å²) in [5.74, 6) is 1.79. The lowest BCUT2D eigenvalue weighted by Crippen LogP contribution is -2.01. The number of nitrogens with zero attached hydrogens (tertiary/aromatic N) is 4. The summed E-state index contributed by atoms with van der Waals surface area (Å²) in [4.78, 5) is 20.3. The van der Waals surface area contributed by atoms with E-state index in [1.807, 2.05) is 30.3 Å². The molecule has 0 N–H and O–H groups in total. The standard InChI is InChI=1S/C42H24N4O/c1-2-11-27-23-29(19-18-25(27)9-1)40-44-41(33-15-7-16-35-38(33)39-36(47-35)17-8-22-43-39)46-42(45-40)34-24-28-12-4-6-14-31(28)37-30-13-5-3-10-26(30)20-21-32(34)37/h1-24H. The zero-order chi connectivity index (χ0) is 30.9. The Bertz CT molecular complexity index is 2860. The highest BCUT2D eigenvalue weighted by Crippen LogP contribution is 2.40. The van der Waals surface area contributed by atoms with Crippen molar-refractivity contribution in [3.8, 4) is 34.2 Å². The van der Waals surface area contributed by atoms with E-state index in [-0.39, 0.29) is 0 Å². The van der Waals surface area contributed by atoms with Crippen LogP contribution in [0.4, 0.5) is 0 Å². The van der Waals surface area contributed by atoms with Gasteiger partial charge in [0.1, 0.15) is 11.1 Å². The van der Waals surface area contributed by atoms with Gasteiger partial charge in [-0.2, -0.15) is 0 Å². The maximum Gasteiger partial charge on any atom is 0.164 e. The van der Waals surface area contributed by atoms with Gasteiger partial charge >= 0.3 is 0 Å². The van der Waals surface area contributed by atoms with Crippen LogP contribution in [0.3, 0.4) is 0 Å². The molecule has 5 nitrogen and oxygen atoms in total. The largest absolute Gasteiger partial charge is 0.454 e. The Balaban J connectivity index is 1.31. The number of rotatable bonds is 3. The first-order valence-electron chi connectivity index (χ1n) is 15.6. The van der Waals surface area contributed by atoms with Crippen molar-refractivity contribution in [3.05, 3.63) is 146 Å². The van der Waals surface area contributed by atoms with Gasteiger partial charge in [-0.3, -0.25) is 4.98 Å². The SMILES string of the molecule is c1ccc2cc(-c3nc(-c4cc5ccccc5c5c4ccc4ccccc45)nc(-c4cccc5oc6cccnc6c45)n3)ccc2c1. The molecule has 0 spiro atoms. The van der Waals surface area contributed by atoms with Crippen LogP contribution in [0.2, 0.25) is 0 Å². The molecule has 5 heteroatoms. The number of hydrogen-bond donors (Lipinski definition) is 0. The van der Waals surface area contributed by atoms with E-state index in [1.54, 1.807) is 6.20 Å². The third-order valence-electron chi connectivity index (χ3n) is 9.13. The van der Waals surface area contributed by atoms with Crippen molar-refractivity contribution < 1.29 is 4.42 Å². The summed E-state index contributed by atoms with van der Waals surface area (Å²) >= 11 is 0. The van der Waals surface area contributed by atoms with Gasteiger partial charge in [0.15, 0.2) is 23.1 Å². The van der Waals surface area contributed by atoms with E-state index in [1.165, 1.54) is 26.9 Å². The zero-order valence-corrected chi connectivity index (χ0v) is 25.1. The molecular formula is C42H24N4O. The third kappa shape index (κ3) is 4.03. The molecule has 0 aliphatic heterocycles. The lowest BCUT2D eigenvalue weighted by atomic mass is 9.92. The number of pyridine rings is 1. The smallest absolute Gasteiger partial charge is 0.164 e. The highest BCUT2D eigenvalue weighted by atomic mass is 16.3. The van der Waals surface area contributed by atoms with E-state index < -0.39 is 0 Å². The second-order valence-corrected chi connectivity index (χ2v) is 11.9. The quantitative estimate of drug-likeness (QED) is 0.189. The molecule has 0 amide bonds. The summed E-state index contributed by atoms with van der Waals surface area (Å²) in [7, 11) is 0. The molecule has 0 saturated heterocycles. The van der Waals surface area contributed by atoms with Crippen molar-refractivity contribution in [2.45, 2.75) is 0 Å². The average molecular weight is 601 g/mol. The summed E-state index contributed by atoms with van der Waals surface area (Å²) in [6, 6.07) is 48.2. The molecule has 0 atom stereocenters. The monoisotopic (exact) mass is 600 g/mol. The van der Waals surface area contributed by atoms with Gasteiger partial charge < -0.3 is 4.42 Å². The number of aromatic nitrogens is 4. The van der Waals surface area contributed by atoms with Crippen molar-refractivity contribution in [1.29, 1.82) is 0 Å². The van der Waals surface area contributed by atoms with E-state index in [2.05, 4.69) is 114 Å². The predicted molar refractivity (Wildman–Crippen MR) is 191 cm³/mol. The zero-order valence-electron chi connectivity index (χ0n) is 25.1. The van der Waals surface area contributed by atoms with Crippen LogP contribution in [0.1, 0.15) is 0 Å². The Kier molecular flexibility index (Phi) is 5.51. The molecule has 0 aliphatic carbocycles.